The van der Waals surface area contributed by atoms with Gasteiger partial charge in [0.1, 0.15) is 0 Å². The Bertz CT molecular complexity index is 357. The highest BCUT2D eigenvalue weighted by molar-refractivity contribution is 4.64. The lowest BCUT2D eigenvalue weighted by Gasteiger charge is -2.22. The monoisotopic (exact) mass is 482 g/mol. The van der Waals surface area contributed by atoms with Crippen molar-refractivity contribution in [2.45, 2.75) is 200 Å². The van der Waals surface area contributed by atoms with E-state index in [0.717, 1.165) is 0 Å². The van der Waals surface area contributed by atoms with Crippen molar-refractivity contribution in [1.82, 2.24) is 5.06 Å². The number of hydroxylamine groups is 2. The molecule has 0 radical (unpaired) electrons. The zero-order valence-electron chi connectivity index (χ0n) is 24.3. The van der Waals surface area contributed by atoms with Gasteiger partial charge in [-0.2, -0.15) is 5.06 Å². The fraction of sp³-hybridized carbons (Fsp3) is 1.00. The molecule has 0 aliphatic rings. The third kappa shape index (κ3) is 26.5. The van der Waals surface area contributed by atoms with E-state index in [1.165, 1.54) is 185 Å². The first-order chi connectivity index (χ1) is 16.7. The van der Waals surface area contributed by atoms with Gasteiger partial charge in [0.25, 0.3) is 0 Å². The van der Waals surface area contributed by atoms with Crippen molar-refractivity contribution >= 4 is 0 Å². The van der Waals surface area contributed by atoms with Crippen molar-refractivity contribution in [2.75, 3.05) is 7.05 Å². The third-order valence-corrected chi connectivity index (χ3v) is 7.81. The van der Waals surface area contributed by atoms with Gasteiger partial charge in [-0.05, 0) is 12.8 Å². The van der Waals surface area contributed by atoms with E-state index in [4.69, 9.17) is 0 Å². The molecule has 0 aromatic rings. The molecule has 2 heteroatoms. The second-order valence-electron chi connectivity index (χ2n) is 11.3. The Morgan fingerprint density at radius 3 is 0.794 bits per heavy atom. The van der Waals surface area contributed by atoms with Gasteiger partial charge in [-0.1, -0.05) is 181 Å². The predicted octanol–water partition coefficient (Wildman–Crippen LogP) is 11.6. The minimum absolute atomic E-state index is 0.375. The van der Waals surface area contributed by atoms with Crippen molar-refractivity contribution < 1.29 is 5.21 Å². The maximum absolute atomic E-state index is 10.0. The molecule has 0 spiro atoms. The van der Waals surface area contributed by atoms with E-state index in [9.17, 15) is 5.21 Å². The van der Waals surface area contributed by atoms with Crippen molar-refractivity contribution in [1.29, 1.82) is 0 Å². The lowest BCUT2D eigenvalue weighted by atomic mass is 9.99. The van der Waals surface area contributed by atoms with Gasteiger partial charge < -0.3 is 5.21 Å². The van der Waals surface area contributed by atoms with Gasteiger partial charge in [-0.25, -0.2) is 0 Å². The Hall–Kier alpha value is -0.0800. The molecule has 0 rings (SSSR count). The van der Waals surface area contributed by atoms with Crippen LogP contribution in [0.15, 0.2) is 0 Å². The standard InChI is InChI=1S/C32H67NO/c1-4-6-8-10-12-14-16-18-19-21-23-25-27-29-31-32(33(3)34)30-28-26-24-22-20-17-15-13-11-9-7-5-2/h32,34H,4-31H2,1-3H3. The summed E-state index contributed by atoms with van der Waals surface area (Å²) in [7, 11) is 1.86. The normalized spacial score (nSPS) is 12.6. The van der Waals surface area contributed by atoms with Crippen LogP contribution in [0.5, 0.6) is 0 Å². The number of hydrogen-bond acceptors (Lipinski definition) is 2. The molecule has 206 valence electrons. The van der Waals surface area contributed by atoms with E-state index in [-0.39, 0.29) is 0 Å². The molecule has 1 atom stereocenters. The van der Waals surface area contributed by atoms with Gasteiger partial charge >= 0.3 is 0 Å². The van der Waals surface area contributed by atoms with E-state index in [2.05, 4.69) is 13.8 Å². The summed E-state index contributed by atoms with van der Waals surface area (Å²) in [6.07, 6.45) is 39.0. The second-order valence-corrected chi connectivity index (χ2v) is 11.3. The summed E-state index contributed by atoms with van der Waals surface area (Å²) in [6, 6.07) is 0.375. The van der Waals surface area contributed by atoms with Crippen molar-refractivity contribution in [3.63, 3.8) is 0 Å². The molecule has 2 nitrogen and oxygen atoms in total. The van der Waals surface area contributed by atoms with E-state index < -0.39 is 0 Å². The summed E-state index contributed by atoms with van der Waals surface area (Å²) in [5.74, 6) is 0. The van der Waals surface area contributed by atoms with E-state index in [1.54, 1.807) is 0 Å². The van der Waals surface area contributed by atoms with Gasteiger partial charge in [0.15, 0.2) is 0 Å². The average Bonchev–Trinajstić information content (AvgIpc) is 2.83. The minimum atomic E-state index is 0.375. The van der Waals surface area contributed by atoms with Crippen LogP contribution in [0.25, 0.3) is 0 Å². The number of hydrogen-bond donors (Lipinski definition) is 1. The topological polar surface area (TPSA) is 23.5 Å². The molecule has 0 aromatic carbocycles. The Balaban J connectivity index is 3.39. The first kappa shape index (κ1) is 33.9. The highest BCUT2D eigenvalue weighted by Gasteiger charge is 2.12. The van der Waals surface area contributed by atoms with Crippen LogP contribution in [0.1, 0.15) is 194 Å². The van der Waals surface area contributed by atoms with Crippen LogP contribution >= 0.6 is 0 Å². The largest absolute Gasteiger partial charge is 0.314 e. The van der Waals surface area contributed by atoms with Crippen LogP contribution in [0.2, 0.25) is 0 Å². The van der Waals surface area contributed by atoms with Crippen LogP contribution in [0.3, 0.4) is 0 Å². The van der Waals surface area contributed by atoms with Crippen molar-refractivity contribution in [3.8, 4) is 0 Å². The fourth-order valence-corrected chi connectivity index (χ4v) is 5.31. The molecule has 0 bridgehead atoms. The van der Waals surface area contributed by atoms with Crippen LogP contribution in [-0.4, -0.2) is 23.4 Å². The SMILES string of the molecule is CCCCCCCCCCCCCCCCC(CCCCCCCCCCCCCC)N(C)O. The molecule has 0 saturated carbocycles. The first-order valence-electron chi connectivity index (χ1n) is 16.1. The molecule has 34 heavy (non-hydrogen) atoms. The average molecular weight is 482 g/mol. The highest BCUT2D eigenvalue weighted by Crippen LogP contribution is 2.18. The molecular formula is C32H67NO. The van der Waals surface area contributed by atoms with Crippen LogP contribution in [0.4, 0.5) is 0 Å². The number of rotatable bonds is 29. The Labute approximate surface area is 217 Å². The quantitative estimate of drug-likeness (QED) is 0.0847. The zero-order valence-corrected chi connectivity index (χ0v) is 24.3. The molecule has 0 amide bonds. The van der Waals surface area contributed by atoms with Crippen LogP contribution in [-0.2, 0) is 0 Å². The van der Waals surface area contributed by atoms with Gasteiger partial charge in [0.05, 0.1) is 0 Å². The van der Waals surface area contributed by atoms with E-state index >= 15 is 0 Å². The Kier molecular flexibility index (Phi) is 29.1. The number of unbranched alkanes of at least 4 members (excludes halogenated alkanes) is 24. The summed E-state index contributed by atoms with van der Waals surface area (Å²) < 4.78 is 0. The highest BCUT2D eigenvalue weighted by atomic mass is 16.5. The molecule has 0 aliphatic carbocycles. The van der Waals surface area contributed by atoms with Crippen molar-refractivity contribution in [3.05, 3.63) is 0 Å². The van der Waals surface area contributed by atoms with Crippen LogP contribution < -0.4 is 0 Å². The van der Waals surface area contributed by atoms with Gasteiger partial charge in [0.2, 0.25) is 0 Å². The summed E-state index contributed by atoms with van der Waals surface area (Å²) in [6.45, 7) is 4.59. The third-order valence-electron chi connectivity index (χ3n) is 7.81. The van der Waals surface area contributed by atoms with E-state index in [1.807, 2.05) is 7.05 Å². The smallest absolute Gasteiger partial charge is 0.0347 e. The molecule has 1 unspecified atom stereocenters. The van der Waals surface area contributed by atoms with Crippen LogP contribution in [0, 0.1) is 0 Å². The van der Waals surface area contributed by atoms with Gasteiger partial charge in [0, 0.05) is 13.1 Å². The summed E-state index contributed by atoms with van der Waals surface area (Å²) in [5.41, 5.74) is 0. The summed E-state index contributed by atoms with van der Waals surface area (Å²) >= 11 is 0. The predicted molar refractivity (Wildman–Crippen MR) is 154 cm³/mol. The maximum atomic E-state index is 10.0. The van der Waals surface area contributed by atoms with Gasteiger partial charge in [-0.3, -0.25) is 0 Å². The maximum Gasteiger partial charge on any atom is 0.0347 e. The second kappa shape index (κ2) is 29.2. The molecule has 0 aliphatic heterocycles. The molecular weight excluding hydrogens is 414 g/mol. The fourth-order valence-electron chi connectivity index (χ4n) is 5.31. The lowest BCUT2D eigenvalue weighted by Crippen LogP contribution is -2.28. The zero-order chi connectivity index (χ0) is 25.0. The Morgan fingerprint density at radius 1 is 0.382 bits per heavy atom. The molecule has 0 aromatic heterocycles. The molecule has 0 fully saturated rings. The Morgan fingerprint density at radius 2 is 0.588 bits per heavy atom. The van der Waals surface area contributed by atoms with Gasteiger partial charge in [-0.15, -0.1) is 0 Å². The van der Waals surface area contributed by atoms with Crippen molar-refractivity contribution in [2.24, 2.45) is 0 Å². The van der Waals surface area contributed by atoms with E-state index in [0.29, 0.717) is 6.04 Å². The lowest BCUT2D eigenvalue weighted by molar-refractivity contribution is -0.107. The summed E-state index contributed by atoms with van der Waals surface area (Å²) in [5, 5.41) is 11.5. The minimum Gasteiger partial charge on any atom is -0.314 e. The molecule has 0 saturated heterocycles. The molecule has 0 heterocycles. The number of nitrogens with zero attached hydrogens (tertiary/aromatic N) is 1. The first-order valence-corrected chi connectivity index (χ1v) is 16.1. The molecule has 1 N–H and O–H groups in total. The summed E-state index contributed by atoms with van der Waals surface area (Å²) in [4.78, 5) is 0.